The normalized spacial score (nSPS) is 15.8. The summed E-state index contributed by atoms with van der Waals surface area (Å²) in [6.07, 6.45) is -2.54. The molecule has 224 valence electrons. The number of hydrogen-bond donors (Lipinski definition) is 2. The standard InChI is InChI=1S/C29H33F3N6O3S/c1-40-8-9-41-23(17-39)16-38-22(14-33)11-20-10-19(2-3-26(20)38)15-37-6-4-21(5-7-37)36-27-25-12-24(13-29(30,31)32)42-28(25)35-18-34-27/h2-3,10-12,18,21,23,39H,4-9,13,15-17H2,1H3,(H,34,35,36). The number of methoxy groups -OCH3 is 1. The summed E-state index contributed by atoms with van der Waals surface area (Å²) < 4.78 is 51.2. The fraction of sp³-hybridized carbons (Fsp3) is 0.483. The monoisotopic (exact) mass is 602 g/mol. The van der Waals surface area contributed by atoms with Crippen LogP contribution in [0.5, 0.6) is 0 Å². The Labute approximate surface area is 245 Å². The second-order valence-electron chi connectivity index (χ2n) is 10.5. The third-order valence-electron chi connectivity index (χ3n) is 7.40. The summed E-state index contributed by atoms with van der Waals surface area (Å²) in [5, 5.41) is 24.5. The van der Waals surface area contributed by atoms with Crippen LogP contribution < -0.4 is 5.32 Å². The zero-order chi connectivity index (χ0) is 29.7. The topological polar surface area (TPSA) is 108 Å². The molecule has 4 heterocycles. The van der Waals surface area contributed by atoms with E-state index in [2.05, 4.69) is 38.4 Å². The van der Waals surface area contributed by atoms with Crippen molar-refractivity contribution < 1.29 is 27.8 Å². The molecule has 0 radical (unpaired) electrons. The average Bonchev–Trinajstić information content (AvgIpc) is 3.53. The Morgan fingerprint density at radius 1 is 1.19 bits per heavy atom. The highest BCUT2D eigenvalue weighted by atomic mass is 32.1. The van der Waals surface area contributed by atoms with Crippen molar-refractivity contribution in [3.8, 4) is 6.07 Å². The number of anilines is 1. The molecule has 1 saturated heterocycles. The number of thiophene rings is 1. The highest BCUT2D eigenvalue weighted by molar-refractivity contribution is 7.18. The molecule has 9 nitrogen and oxygen atoms in total. The van der Waals surface area contributed by atoms with E-state index < -0.39 is 18.7 Å². The van der Waals surface area contributed by atoms with Crippen molar-refractivity contribution in [2.45, 2.75) is 50.7 Å². The van der Waals surface area contributed by atoms with Gasteiger partial charge in [0.2, 0.25) is 0 Å². The van der Waals surface area contributed by atoms with Gasteiger partial charge < -0.3 is 24.5 Å². The molecule has 0 aliphatic carbocycles. The van der Waals surface area contributed by atoms with Crippen LogP contribution in [0.15, 0.2) is 36.7 Å². The van der Waals surface area contributed by atoms with Crippen LogP contribution in [0.2, 0.25) is 0 Å². The molecule has 1 aliphatic heterocycles. The predicted molar refractivity (Wildman–Crippen MR) is 154 cm³/mol. The van der Waals surface area contributed by atoms with Gasteiger partial charge in [-0.05, 0) is 42.7 Å². The van der Waals surface area contributed by atoms with Gasteiger partial charge in [-0.1, -0.05) is 6.07 Å². The van der Waals surface area contributed by atoms with Crippen molar-refractivity contribution >= 4 is 38.3 Å². The number of piperidine rings is 1. The molecule has 5 rings (SSSR count). The number of ether oxygens (including phenoxy) is 2. The number of nitriles is 1. The molecule has 0 amide bonds. The Balaban J connectivity index is 1.19. The number of fused-ring (bicyclic) bond motifs is 2. The zero-order valence-corrected chi connectivity index (χ0v) is 24.0. The minimum atomic E-state index is -4.26. The summed E-state index contributed by atoms with van der Waals surface area (Å²) in [5.74, 6) is 0.582. The second-order valence-corrected chi connectivity index (χ2v) is 11.6. The Morgan fingerprint density at radius 2 is 2.00 bits per heavy atom. The number of aliphatic hydroxyl groups excluding tert-OH is 1. The summed E-state index contributed by atoms with van der Waals surface area (Å²) in [4.78, 5) is 11.6. The SMILES string of the molecule is COCCOC(CO)Cn1c(C#N)cc2cc(CN3CCC(Nc4ncnc5sc(CC(F)(F)F)cc45)CC3)ccc21. The van der Waals surface area contributed by atoms with Gasteiger partial charge in [-0.15, -0.1) is 11.3 Å². The van der Waals surface area contributed by atoms with Crippen molar-refractivity contribution in [3.63, 3.8) is 0 Å². The van der Waals surface area contributed by atoms with Gasteiger partial charge in [-0.3, -0.25) is 4.90 Å². The summed E-state index contributed by atoms with van der Waals surface area (Å²) in [6.45, 7) is 3.46. The summed E-state index contributed by atoms with van der Waals surface area (Å²) >= 11 is 1.05. The van der Waals surface area contributed by atoms with Crippen LogP contribution in [-0.4, -0.2) is 82.9 Å². The van der Waals surface area contributed by atoms with Crippen molar-refractivity contribution in [1.82, 2.24) is 19.4 Å². The van der Waals surface area contributed by atoms with Crippen LogP contribution in [0.25, 0.3) is 21.1 Å². The predicted octanol–water partition coefficient (Wildman–Crippen LogP) is 4.72. The first kappa shape index (κ1) is 30.2. The fourth-order valence-corrected chi connectivity index (χ4v) is 6.39. The molecule has 0 saturated carbocycles. The lowest BCUT2D eigenvalue weighted by molar-refractivity contribution is -0.126. The van der Waals surface area contributed by atoms with E-state index in [1.54, 1.807) is 13.2 Å². The summed E-state index contributed by atoms with van der Waals surface area (Å²) in [7, 11) is 1.59. The first-order valence-corrected chi connectivity index (χ1v) is 14.6. The maximum atomic E-state index is 12.9. The molecule has 42 heavy (non-hydrogen) atoms. The molecule has 1 atom stereocenters. The largest absolute Gasteiger partial charge is 0.394 e. The van der Waals surface area contributed by atoms with Crippen molar-refractivity contribution in [2.24, 2.45) is 0 Å². The van der Waals surface area contributed by atoms with Crippen LogP contribution in [0, 0.1) is 11.3 Å². The third kappa shape index (κ3) is 7.37. The third-order valence-corrected chi connectivity index (χ3v) is 8.44. The lowest BCUT2D eigenvalue weighted by atomic mass is 10.0. The molecule has 0 bridgehead atoms. The molecule has 1 unspecified atom stereocenters. The highest BCUT2D eigenvalue weighted by Crippen LogP contribution is 2.33. The number of aliphatic hydroxyl groups is 1. The van der Waals surface area contributed by atoms with Crippen LogP contribution in [0.4, 0.5) is 19.0 Å². The number of benzene rings is 1. The van der Waals surface area contributed by atoms with Gasteiger partial charge in [-0.2, -0.15) is 18.4 Å². The summed E-state index contributed by atoms with van der Waals surface area (Å²) in [6, 6.07) is 12.0. The van der Waals surface area contributed by atoms with Crippen molar-refractivity contribution in [3.05, 3.63) is 52.8 Å². The average molecular weight is 603 g/mol. The number of alkyl halides is 3. The van der Waals surface area contributed by atoms with Gasteiger partial charge in [0.15, 0.2) is 0 Å². The number of nitrogens with one attached hydrogen (secondary N) is 1. The Bertz CT molecular complexity index is 1540. The maximum absolute atomic E-state index is 12.9. The van der Waals surface area contributed by atoms with Crippen LogP contribution >= 0.6 is 11.3 Å². The molecular formula is C29H33F3N6O3S. The molecule has 1 aliphatic rings. The quantitative estimate of drug-likeness (QED) is 0.224. The van der Waals surface area contributed by atoms with Gasteiger partial charge in [0.25, 0.3) is 0 Å². The lowest BCUT2D eigenvalue weighted by Crippen LogP contribution is -2.38. The molecule has 13 heteroatoms. The maximum Gasteiger partial charge on any atom is 0.393 e. The number of aromatic nitrogens is 3. The molecule has 1 fully saturated rings. The van der Waals surface area contributed by atoms with E-state index in [0.29, 0.717) is 41.5 Å². The van der Waals surface area contributed by atoms with E-state index in [0.717, 1.165) is 60.3 Å². The Hall–Kier alpha value is -3.28. The Morgan fingerprint density at radius 3 is 2.71 bits per heavy atom. The molecule has 3 aromatic heterocycles. The first-order chi connectivity index (χ1) is 20.3. The number of likely N-dealkylation sites (tertiary alicyclic amines) is 1. The smallest absolute Gasteiger partial charge is 0.393 e. The van der Waals surface area contributed by atoms with Gasteiger partial charge >= 0.3 is 6.18 Å². The number of nitrogens with zero attached hydrogens (tertiary/aromatic N) is 5. The van der Waals surface area contributed by atoms with Crippen molar-refractivity contribution in [2.75, 3.05) is 45.3 Å². The van der Waals surface area contributed by atoms with Gasteiger partial charge in [-0.25, -0.2) is 9.97 Å². The number of hydrogen-bond acceptors (Lipinski definition) is 9. The minimum Gasteiger partial charge on any atom is -0.394 e. The van der Waals surface area contributed by atoms with Crippen LogP contribution in [0.3, 0.4) is 0 Å². The first-order valence-electron chi connectivity index (χ1n) is 13.8. The van der Waals surface area contributed by atoms with E-state index in [1.807, 2.05) is 16.7 Å². The van der Waals surface area contributed by atoms with E-state index in [9.17, 15) is 23.5 Å². The van der Waals surface area contributed by atoms with Crippen LogP contribution in [-0.2, 0) is 29.0 Å². The van der Waals surface area contributed by atoms with Gasteiger partial charge in [0.05, 0.1) is 44.3 Å². The fourth-order valence-electron chi connectivity index (χ4n) is 5.37. The van der Waals surface area contributed by atoms with Gasteiger partial charge in [0.1, 0.15) is 28.7 Å². The second kappa shape index (κ2) is 13.4. The number of halogens is 3. The van der Waals surface area contributed by atoms with E-state index in [4.69, 9.17) is 9.47 Å². The molecule has 4 aromatic rings. The molecule has 0 spiro atoms. The highest BCUT2D eigenvalue weighted by Gasteiger charge is 2.29. The van der Waals surface area contributed by atoms with Gasteiger partial charge in [0, 0.05) is 48.6 Å². The zero-order valence-electron chi connectivity index (χ0n) is 23.2. The van der Waals surface area contributed by atoms with E-state index in [1.165, 1.54) is 6.33 Å². The van der Waals surface area contributed by atoms with E-state index in [-0.39, 0.29) is 17.5 Å². The van der Waals surface area contributed by atoms with Crippen LogP contribution in [0.1, 0.15) is 29.0 Å². The molecule has 2 N–H and O–H groups in total. The summed E-state index contributed by atoms with van der Waals surface area (Å²) in [5.41, 5.74) is 2.56. The Kier molecular flexibility index (Phi) is 9.60. The lowest BCUT2D eigenvalue weighted by Gasteiger charge is -2.32. The molecular weight excluding hydrogens is 569 g/mol. The molecule has 1 aromatic carbocycles. The van der Waals surface area contributed by atoms with E-state index >= 15 is 0 Å². The number of rotatable bonds is 12. The van der Waals surface area contributed by atoms with Crippen molar-refractivity contribution in [1.29, 1.82) is 5.26 Å². The minimum absolute atomic E-state index is 0.158.